The SMILES string of the molecule is O=[C]CN(NC(=O)CO)C(=O)/C=C/c1ccccc1. The number of aliphatic hydroxyl groups excluding tert-OH is 1. The maximum Gasteiger partial charge on any atom is 0.265 e. The molecular formula is C13H13N2O4. The Hall–Kier alpha value is -2.47. The van der Waals surface area contributed by atoms with Crippen LogP contribution in [0.15, 0.2) is 36.4 Å². The minimum absolute atomic E-state index is 0.413. The van der Waals surface area contributed by atoms with Crippen LogP contribution in [0, 0.1) is 0 Å². The Bertz CT molecular complexity index is 471. The molecular weight excluding hydrogens is 248 g/mol. The first kappa shape index (κ1) is 14.6. The summed E-state index contributed by atoms with van der Waals surface area (Å²) in [4.78, 5) is 33.0. The van der Waals surface area contributed by atoms with Crippen molar-refractivity contribution < 1.29 is 19.5 Å². The van der Waals surface area contributed by atoms with Crippen molar-refractivity contribution in [1.82, 2.24) is 10.4 Å². The highest BCUT2D eigenvalue weighted by atomic mass is 16.3. The second-order valence-corrected chi connectivity index (χ2v) is 3.51. The van der Waals surface area contributed by atoms with Crippen LogP contribution in [0.2, 0.25) is 0 Å². The molecule has 0 unspecified atom stereocenters. The van der Waals surface area contributed by atoms with Gasteiger partial charge in [-0.25, -0.2) is 5.01 Å². The third-order valence-electron chi connectivity index (χ3n) is 2.11. The minimum Gasteiger partial charge on any atom is -0.386 e. The van der Waals surface area contributed by atoms with Crippen molar-refractivity contribution in [3.8, 4) is 0 Å². The van der Waals surface area contributed by atoms with Gasteiger partial charge in [0.15, 0.2) is 0 Å². The van der Waals surface area contributed by atoms with E-state index in [4.69, 9.17) is 5.11 Å². The van der Waals surface area contributed by atoms with E-state index in [9.17, 15) is 14.4 Å². The fraction of sp³-hybridized carbons (Fsp3) is 0.154. The maximum absolute atomic E-state index is 11.7. The third kappa shape index (κ3) is 5.13. The molecule has 0 fully saturated rings. The van der Waals surface area contributed by atoms with E-state index in [-0.39, 0.29) is 0 Å². The van der Waals surface area contributed by atoms with Gasteiger partial charge in [-0.15, -0.1) is 0 Å². The molecule has 0 aliphatic heterocycles. The summed E-state index contributed by atoms with van der Waals surface area (Å²) in [6, 6.07) is 9.07. The number of benzene rings is 1. The van der Waals surface area contributed by atoms with Gasteiger partial charge in [-0.2, -0.15) is 0 Å². The van der Waals surface area contributed by atoms with Gasteiger partial charge in [-0.3, -0.25) is 19.8 Å². The molecule has 0 aliphatic carbocycles. The van der Waals surface area contributed by atoms with E-state index in [0.29, 0.717) is 0 Å². The second kappa shape index (κ2) is 7.78. The van der Waals surface area contributed by atoms with Crippen LogP contribution >= 0.6 is 0 Å². The molecule has 1 aromatic rings. The number of carbonyl (C=O) groups is 2. The van der Waals surface area contributed by atoms with E-state index < -0.39 is 25.0 Å². The molecule has 6 nitrogen and oxygen atoms in total. The fourth-order valence-electron chi connectivity index (χ4n) is 1.24. The average Bonchev–Trinajstić information content (AvgIpc) is 2.45. The molecule has 99 valence electrons. The van der Waals surface area contributed by atoms with Gasteiger partial charge < -0.3 is 5.11 Å². The average molecular weight is 261 g/mol. The first-order chi connectivity index (χ1) is 9.17. The molecule has 0 aromatic heterocycles. The quantitative estimate of drug-likeness (QED) is 0.561. The molecule has 0 atom stereocenters. The summed E-state index contributed by atoms with van der Waals surface area (Å²) in [5, 5.41) is 9.34. The number of nitrogens with zero attached hydrogens (tertiary/aromatic N) is 1. The Morgan fingerprint density at radius 1 is 1.32 bits per heavy atom. The minimum atomic E-state index is -0.781. The lowest BCUT2D eigenvalue weighted by Crippen LogP contribution is -2.47. The Kier molecular flexibility index (Phi) is 5.97. The molecule has 2 N–H and O–H groups in total. The Balaban J connectivity index is 2.69. The van der Waals surface area contributed by atoms with Crippen molar-refractivity contribution in [2.24, 2.45) is 0 Å². The molecule has 19 heavy (non-hydrogen) atoms. The van der Waals surface area contributed by atoms with Gasteiger partial charge in [0.05, 0.1) is 0 Å². The molecule has 6 heteroatoms. The van der Waals surface area contributed by atoms with Gasteiger partial charge >= 0.3 is 0 Å². The van der Waals surface area contributed by atoms with Crippen LogP contribution in [-0.4, -0.2) is 41.4 Å². The second-order valence-electron chi connectivity index (χ2n) is 3.51. The summed E-state index contributed by atoms with van der Waals surface area (Å²) in [6.45, 7) is -1.19. The van der Waals surface area contributed by atoms with E-state index in [1.54, 1.807) is 18.2 Å². The summed E-state index contributed by atoms with van der Waals surface area (Å²) in [5.41, 5.74) is 2.89. The summed E-state index contributed by atoms with van der Waals surface area (Å²) in [7, 11) is 0. The van der Waals surface area contributed by atoms with Crippen molar-refractivity contribution in [2.75, 3.05) is 13.2 Å². The normalized spacial score (nSPS) is 10.2. The number of rotatable bonds is 5. The van der Waals surface area contributed by atoms with Gasteiger partial charge in [-0.05, 0) is 11.6 Å². The lowest BCUT2D eigenvalue weighted by Gasteiger charge is -2.18. The number of amides is 2. The van der Waals surface area contributed by atoms with E-state index in [1.807, 2.05) is 18.2 Å². The smallest absolute Gasteiger partial charge is 0.265 e. The van der Waals surface area contributed by atoms with Crippen LogP contribution in [0.3, 0.4) is 0 Å². The van der Waals surface area contributed by atoms with Crippen LogP contribution in [-0.2, 0) is 14.4 Å². The molecule has 0 spiro atoms. The van der Waals surface area contributed by atoms with Crippen molar-refractivity contribution in [1.29, 1.82) is 0 Å². The predicted octanol–water partition coefficient (Wildman–Crippen LogP) is -0.338. The highest BCUT2D eigenvalue weighted by Crippen LogP contribution is 2.01. The van der Waals surface area contributed by atoms with Crippen LogP contribution in [0.4, 0.5) is 0 Å². The zero-order chi connectivity index (χ0) is 14.1. The maximum atomic E-state index is 11.7. The highest BCUT2D eigenvalue weighted by Gasteiger charge is 2.12. The molecule has 1 aromatic carbocycles. The van der Waals surface area contributed by atoms with Gasteiger partial charge in [-0.1, -0.05) is 30.3 Å². The largest absolute Gasteiger partial charge is 0.386 e. The van der Waals surface area contributed by atoms with E-state index >= 15 is 0 Å². The number of carbonyl (C=O) groups excluding carboxylic acids is 3. The topological polar surface area (TPSA) is 86.7 Å². The van der Waals surface area contributed by atoms with Gasteiger partial charge in [0.1, 0.15) is 13.2 Å². The highest BCUT2D eigenvalue weighted by molar-refractivity contribution is 5.94. The van der Waals surface area contributed by atoms with E-state index in [1.165, 1.54) is 12.4 Å². The monoisotopic (exact) mass is 261 g/mol. The number of nitrogens with one attached hydrogen (secondary N) is 1. The van der Waals surface area contributed by atoms with Crippen molar-refractivity contribution >= 4 is 24.2 Å². The van der Waals surface area contributed by atoms with E-state index in [0.717, 1.165) is 10.6 Å². The summed E-state index contributed by atoms with van der Waals surface area (Å²) >= 11 is 0. The van der Waals surface area contributed by atoms with Crippen molar-refractivity contribution in [3.05, 3.63) is 42.0 Å². The number of hydrogen-bond acceptors (Lipinski definition) is 4. The molecule has 0 saturated carbocycles. The molecule has 0 aliphatic rings. The molecule has 0 saturated heterocycles. The van der Waals surface area contributed by atoms with Gasteiger partial charge in [0, 0.05) is 6.08 Å². The van der Waals surface area contributed by atoms with E-state index in [2.05, 4.69) is 5.43 Å². The fourth-order valence-corrected chi connectivity index (χ4v) is 1.24. The number of aliphatic hydroxyl groups is 1. The first-order valence-corrected chi connectivity index (χ1v) is 5.47. The molecule has 1 radical (unpaired) electrons. The number of hydrazine groups is 1. The first-order valence-electron chi connectivity index (χ1n) is 5.47. The predicted molar refractivity (Wildman–Crippen MR) is 68.1 cm³/mol. The third-order valence-corrected chi connectivity index (χ3v) is 2.11. The summed E-state index contributed by atoms with van der Waals surface area (Å²) in [6.07, 6.45) is 4.26. The van der Waals surface area contributed by atoms with Crippen LogP contribution in [0.25, 0.3) is 6.08 Å². The zero-order valence-corrected chi connectivity index (χ0v) is 10.1. The Morgan fingerprint density at radius 3 is 2.58 bits per heavy atom. The Labute approximate surface area is 110 Å². The van der Waals surface area contributed by atoms with Crippen LogP contribution < -0.4 is 5.43 Å². The summed E-state index contributed by atoms with van der Waals surface area (Å²) in [5.74, 6) is -1.37. The standard InChI is InChI=1S/C13H13N2O4/c16-9-8-15(14-12(18)10-17)13(19)7-6-11-4-2-1-3-5-11/h1-7,17H,8,10H2,(H,14,18)/b7-6+. The van der Waals surface area contributed by atoms with Crippen LogP contribution in [0.1, 0.15) is 5.56 Å². The lowest BCUT2D eigenvalue weighted by atomic mass is 10.2. The zero-order valence-electron chi connectivity index (χ0n) is 10.1. The summed E-state index contributed by atoms with van der Waals surface area (Å²) < 4.78 is 0. The molecule has 2 amide bonds. The van der Waals surface area contributed by atoms with Crippen LogP contribution in [0.5, 0.6) is 0 Å². The van der Waals surface area contributed by atoms with Gasteiger partial charge in [0.25, 0.3) is 11.8 Å². The number of hydrogen-bond donors (Lipinski definition) is 2. The lowest BCUT2D eigenvalue weighted by molar-refractivity contribution is -0.138. The Morgan fingerprint density at radius 2 is 2.00 bits per heavy atom. The molecule has 0 bridgehead atoms. The molecule has 1 rings (SSSR count). The van der Waals surface area contributed by atoms with Crippen molar-refractivity contribution in [2.45, 2.75) is 0 Å². The molecule has 0 heterocycles. The van der Waals surface area contributed by atoms with Gasteiger partial charge in [0.2, 0.25) is 6.29 Å². The van der Waals surface area contributed by atoms with Crippen molar-refractivity contribution in [3.63, 3.8) is 0 Å².